The van der Waals surface area contributed by atoms with E-state index in [1.54, 1.807) is 25.3 Å². The first-order chi connectivity index (χ1) is 14.1. The number of amides is 2. The van der Waals surface area contributed by atoms with Crippen LogP contribution in [0.4, 0.5) is 0 Å². The molecule has 1 N–H and O–H groups in total. The van der Waals surface area contributed by atoms with Crippen LogP contribution in [-0.2, 0) is 11.3 Å². The summed E-state index contributed by atoms with van der Waals surface area (Å²) >= 11 is 0. The van der Waals surface area contributed by atoms with Gasteiger partial charge in [-0.25, -0.2) is 0 Å². The van der Waals surface area contributed by atoms with Crippen molar-refractivity contribution < 1.29 is 9.59 Å². The van der Waals surface area contributed by atoms with Gasteiger partial charge in [0.05, 0.1) is 0 Å². The fourth-order valence-electron chi connectivity index (χ4n) is 3.54. The normalized spacial score (nSPS) is 15.3. The highest BCUT2D eigenvalue weighted by molar-refractivity contribution is 5.94. The third kappa shape index (κ3) is 5.78. The molecule has 1 aliphatic rings. The molecule has 0 aliphatic carbocycles. The SMILES string of the molecule is CNC(=O)c1ccc(/C=C/C(=O)N2CCCN(Cc3ccccc3C)CC2)cc1. The molecular formula is C24H29N3O2. The molecule has 2 amide bonds. The molecule has 1 aliphatic heterocycles. The summed E-state index contributed by atoms with van der Waals surface area (Å²) in [4.78, 5) is 28.6. The van der Waals surface area contributed by atoms with Crippen LogP contribution < -0.4 is 5.32 Å². The van der Waals surface area contributed by atoms with Crippen molar-refractivity contribution >= 4 is 17.9 Å². The average Bonchev–Trinajstić information content (AvgIpc) is 2.99. The van der Waals surface area contributed by atoms with Gasteiger partial charge in [-0.2, -0.15) is 0 Å². The van der Waals surface area contributed by atoms with Gasteiger partial charge in [-0.1, -0.05) is 36.4 Å². The zero-order valence-corrected chi connectivity index (χ0v) is 17.2. The third-order valence-corrected chi connectivity index (χ3v) is 5.37. The quantitative estimate of drug-likeness (QED) is 0.797. The van der Waals surface area contributed by atoms with Crippen molar-refractivity contribution in [2.75, 3.05) is 33.2 Å². The number of hydrogen-bond donors (Lipinski definition) is 1. The molecule has 29 heavy (non-hydrogen) atoms. The average molecular weight is 392 g/mol. The van der Waals surface area contributed by atoms with Gasteiger partial charge in [-0.15, -0.1) is 0 Å². The highest BCUT2D eigenvalue weighted by Crippen LogP contribution is 2.13. The number of hydrogen-bond acceptors (Lipinski definition) is 3. The number of rotatable bonds is 5. The van der Waals surface area contributed by atoms with Gasteiger partial charge in [0.2, 0.25) is 5.91 Å². The molecule has 0 spiro atoms. The zero-order valence-electron chi connectivity index (χ0n) is 17.2. The van der Waals surface area contributed by atoms with Crippen molar-refractivity contribution in [3.8, 4) is 0 Å². The van der Waals surface area contributed by atoms with E-state index in [-0.39, 0.29) is 11.8 Å². The van der Waals surface area contributed by atoms with Gasteiger partial charge in [0.15, 0.2) is 0 Å². The molecule has 2 aromatic rings. The van der Waals surface area contributed by atoms with Crippen LogP contribution in [0.15, 0.2) is 54.6 Å². The summed E-state index contributed by atoms with van der Waals surface area (Å²) in [6.45, 7) is 6.49. The van der Waals surface area contributed by atoms with Gasteiger partial charge < -0.3 is 10.2 Å². The van der Waals surface area contributed by atoms with Crippen LogP contribution in [0.25, 0.3) is 6.08 Å². The van der Waals surface area contributed by atoms with Crippen LogP contribution in [0.2, 0.25) is 0 Å². The highest BCUT2D eigenvalue weighted by atomic mass is 16.2. The summed E-state index contributed by atoms with van der Waals surface area (Å²) in [5, 5.41) is 2.60. The van der Waals surface area contributed by atoms with Crippen LogP contribution in [0.1, 0.15) is 33.5 Å². The molecule has 0 aromatic heterocycles. The Hall–Kier alpha value is -2.92. The molecule has 152 valence electrons. The van der Waals surface area contributed by atoms with Gasteiger partial charge >= 0.3 is 0 Å². The summed E-state index contributed by atoms with van der Waals surface area (Å²) in [6, 6.07) is 15.7. The molecule has 1 saturated heterocycles. The number of nitrogens with one attached hydrogen (secondary N) is 1. The Morgan fingerprint density at radius 1 is 1.00 bits per heavy atom. The molecular weight excluding hydrogens is 362 g/mol. The Morgan fingerprint density at radius 2 is 1.76 bits per heavy atom. The lowest BCUT2D eigenvalue weighted by atomic mass is 10.1. The van der Waals surface area contributed by atoms with Gasteiger partial charge in [0.1, 0.15) is 0 Å². The van der Waals surface area contributed by atoms with E-state index in [9.17, 15) is 9.59 Å². The first-order valence-electron chi connectivity index (χ1n) is 10.1. The second kappa shape index (κ2) is 10.0. The molecule has 1 fully saturated rings. The van der Waals surface area contributed by atoms with Gasteiger partial charge in [0, 0.05) is 51.4 Å². The lowest BCUT2D eigenvalue weighted by Gasteiger charge is -2.22. The first-order valence-corrected chi connectivity index (χ1v) is 10.1. The Bertz CT molecular complexity index is 874. The maximum atomic E-state index is 12.6. The van der Waals surface area contributed by atoms with Crippen LogP contribution in [0, 0.1) is 6.92 Å². The molecule has 1 heterocycles. The summed E-state index contributed by atoms with van der Waals surface area (Å²) < 4.78 is 0. The molecule has 2 aromatic carbocycles. The van der Waals surface area contributed by atoms with E-state index in [0.29, 0.717) is 5.56 Å². The van der Waals surface area contributed by atoms with Gasteiger partial charge in [-0.05, 0) is 48.2 Å². The molecule has 0 bridgehead atoms. The van der Waals surface area contributed by atoms with E-state index in [4.69, 9.17) is 0 Å². The molecule has 0 atom stereocenters. The second-order valence-corrected chi connectivity index (χ2v) is 7.42. The van der Waals surface area contributed by atoms with Crippen molar-refractivity contribution in [3.05, 3.63) is 76.9 Å². The number of benzene rings is 2. The van der Waals surface area contributed by atoms with Crippen molar-refractivity contribution in [1.29, 1.82) is 0 Å². The molecule has 0 saturated carbocycles. The summed E-state index contributed by atoms with van der Waals surface area (Å²) in [6.07, 6.45) is 4.42. The highest BCUT2D eigenvalue weighted by Gasteiger charge is 2.18. The minimum absolute atomic E-state index is 0.0399. The van der Waals surface area contributed by atoms with E-state index < -0.39 is 0 Å². The van der Waals surface area contributed by atoms with Crippen molar-refractivity contribution in [3.63, 3.8) is 0 Å². The smallest absolute Gasteiger partial charge is 0.251 e. The number of nitrogens with zero attached hydrogens (tertiary/aromatic N) is 2. The first kappa shape index (κ1) is 20.8. The fourth-order valence-corrected chi connectivity index (χ4v) is 3.54. The van der Waals surface area contributed by atoms with Crippen LogP contribution >= 0.6 is 0 Å². The van der Waals surface area contributed by atoms with E-state index >= 15 is 0 Å². The maximum absolute atomic E-state index is 12.6. The maximum Gasteiger partial charge on any atom is 0.251 e. The van der Waals surface area contributed by atoms with Gasteiger partial charge in [-0.3, -0.25) is 14.5 Å². The Kier molecular flexibility index (Phi) is 7.19. The summed E-state index contributed by atoms with van der Waals surface area (Å²) in [7, 11) is 1.61. The van der Waals surface area contributed by atoms with E-state index in [1.807, 2.05) is 23.1 Å². The minimum Gasteiger partial charge on any atom is -0.355 e. The zero-order chi connectivity index (χ0) is 20.6. The number of aryl methyl sites for hydroxylation is 1. The standard InChI is InChI=1S/C24H29N3O2/c1-19-6-3-4-7-22(19)18-26-14-5-15-27(17-16-26)23(28)13-10-20-8-11-21(12-9-20)24(29)25-2/h3-4,6-13H,5,14-18H2,1-2H3,(H,25,29)/b13-10+. The fraction of sp³-hybridized carbons (Fsp3) is 0.333. The Balaban J connectivity index is 1.54. The lowest BCUT2D eigenvalue weighted by Crippen LogP contribution is -2.34. The molecule has 5 nitrogen and oxygen atoms in total. The lowest BCUT2D eigenvalue weighted by molar-refractivity contribution is -0.125. The second-order valence-electron chi connectivity index (χ2n) is 7.42. The topological polar surface area (TPSA) is 52.7 Å². The summed E-state index contributed by atoms with van der Waals surface area (Å²) in [5.41, 5.74) is 4.18. The van der Waals surface area contributed by atoms with Crippen LogP contribution in [0.3, 0.4) is 0 Å². The van der Waals surface area contributed by atoms with E-state index in [2.05, 4.69) is 41.4 Å². The van der Waals surface area contributed by atoms with Crippen molar-refractivity contribution in [1.82, 2.24) is 15.1 Å². The minimum atomic E-state index is -0.114. The largest absolute Gasteiger partial charge is 0.355 e. The predicted molar refractivity (Wildman–Crippen MR) is 117 cm³/mol. The Morgan fingerprint density at radius 3 is 2.48 bits per heavy atom. The third-order valence-electron chi connectivity index (χ3n) is 5.37. The Labute approximate surface area is 173 Å². The van der Waals surface area contributed by atoms with E-state index in [1.165, 1.54) is 11.1 Å². The van der Waals surface area contributed by atoms with Crippen molar-refractivity contribution in [2.24, 2.45) is 0 Å². The summed E-state index contributed by atoms with van der Waals surface area (Å²) in [5.74, 6) is -0.0745. The monoisotopic (exact) mass is 391 g/mol. The molecule has 0 unspecified atom stereocenters. The number of carbonyl (C=O) groups is 2. The molecule has 0 radical (unpaired) electrons. The molecule has 5 heteroatoms. The van der Waals surface area contributed by atoms with Crippen LogP contribution in [0.5, 0.6) is 0 Å². The van der Waals surface area contributed by atoms with Crippen molar-refractivity contribution in [2.45, 2.75) is 19.9 Å². The molecule has 3 rings (SSSR count). The van der Waals surface area contributed by atoms with E-state index in [0.717, 1.165) is 44.7 Å². The van der Waals surface area contributed by atoms with Gasteiger partial charge in [0.25, 0.3) is 5.91 Å². The van der Waals surface area contributed by atoms with Crippen LogP contribution in [-0.4, -0.2) is 54.8 Å². The number of carbonyl (C=O) groups excluding carboxylic acids is 2. The predicted octanol–water partition coefficient (Wildman–Crippen LogP) is 3.10.